The number of azide groups is 1. The van der Waals surface area contributed by atoms with E-state index in [1.54, 1.807) is 6.08 Å². The summed E-state index contributed by atoms with van der Waals surface area (Å²) in [5.41, 5.74) is 7.92. The minimum atomic E-state index is -1.06. The van der Waals surface area contributed by atoms with Gasteiger partial charge in [-0.3, -0.25) is 0 Å². The van der Waals surface area contributed by atoms with Crippen LogP contribution in [0.5, 0.6) is 0 Å². The zero-order chi connectivity index (χ0) is 22.2. The third kappa shape index (κ3) is 2.65. The molecule has 4 aliphatic carbocycles. The number of hydrogen-bond donors (Lipinski definition) is 3. The maximum atomic E-state index is 12.2. The largest absolute Gasteiger partial charge is 0.458 e. The Hall–Kier alpha value is -1.60. The van der Waals surface area contributed by atoms with Crippen LogP contribution in [0.4, 0.5) is 0 Å². The number of nitrogens with zero attached hydrogens (tertiary/aromatic N) is 3. The molecule has 4 saturated carbocycles. The molecule has 1 heterocycles. The van der Waals surface area contributed by atoms with Crippen molar-refractivity contribution in [3.8, 4) is 0 Å². The number of esters is 1. The molecule has 1 unspecified atom stereocenters. The lowest BCUT2D eigenvalue weighted by molar-refractivity contribution is -0.247. The van der Waals surface area contributed by atoms with Crippen LogP contribution in [0.3, 0.4) is 0 Å². The zero-order valence-electron chi connectivity index (χ0n) is 18.3. The van der Waals surface area contributed by atoms with E-state index >= 15 is 0 Å². The van der Waals surface area contributed by atoms with Gasteiger partial charge in [0.15, 0.2) is 0 Å². The Balaban J connectivity index is 1.55. The summed E-state index contributed by atoms with van der Waals surface area (Å²) in [6, 6.07) is -0.347. The Morgan fingerprint density at radius 2 is 1.94 bits per heavy atom. The second-order valence-corrected chi connectivity index (χ2v) is 11.1. The van der Waals surface area contributed by atoms with Crippen LogP contribution in [-0.2, 0) is 9.53 Å². The molecule has 1 aliphatic heterocycles. The molecule has 170 valence electrons. The van der Waals surface area contributed by atoms with Gasteiger partial charge in [-0.2, -0.15) is 0 Å². The molecule has 8 nitrogen and oxygen atoms in total. The van der Waals surface area contributed by atoms with Crippen molar-refractivity contribution in [1.82, 2.24) is 0 Å². The first-order chi connectivity index (χ1) is 14.7. The van der Waals surface area contributed by atoms with Crippen LogP contribution in [0.25, 0.3) is 10.4 Å². The van der Waals surface area contributed by atoms with Crippen molar-refractivity contribution in [3.05, 3.63) is 22.1 Å². The summed E-state index contributed by atoms with van der Waals surface area (Å²) in [6.45, 7) is 4.38. The van der Waals surface area contributed by atoms with Gasteiger partial charge in [0.1, 0.15) is 6.61 Å². The summed E-state index contributed by atoms with van der Waals surface area (Å²) in [7, 11) is 0. The van der Waals surface area contributed by atoms with Crippen LogP contribution in [0.2, 0.25) is 0 Å². The Bertz CT molecular complexity index is 871. The summed E-state index contributed by atoms with van der Waals surface area (Å²) in [4.78, 5) is 14.8. The van der Waals surface area contributed by atoms with Crippen molar-refractivity contribution in [2.24, 2.45) is 39.6 Å². The number of hydrogen-bond acceptors (Lipinski definition) is 6. The molecule has 8 heteroatoms. The smallest absolute Gasteiger partial charge is 0.331 e. The molecule has 5 rings (SSSR count). The predicted molar refractivity (Wildman–Crippen MR) is 111 cm³/mol. The molecule has 0 radical (unpaired) electrons. The molecule has 3 N–H and O–H groups in total. The highest BCUT2D eigenvalue weighted by atomic mass is 16.5. The lowest BCUT2D eigenvalue weighted by atomic mass is 9.41. The van der Waals surface area contributed by atoms with E-state index in [0.717, 1.165) is 18.4 Å². The first-order valence-electron chi connectivity index (χ1n) is 11.7. The molecule has 10 atom stereocenters. The first-order valence-corrected chi connectivity index (χ1v) is 11.7. The normalized spacial score (nSPS) is 53.5. The number of ether oxygens (including phenoxy) is 1. The number of fused-ring (bicyclic) bond motifs is 5. The standard InChI is InChI=1S/C23H33N3O5/c1-21-13(8-14(27)9-18(21)25-26-24)3-4-16-17(21)10-19(28)22(2)15(5-6-23(16,22)30)12-7-20(29)31-11-12/h7,13-19,27-28,30H,3-6,8-11H2,1-2H3/t13-,14+,15-,16-,17+,18?,19-,21+,22+,23+/m1/s1. The molecule has 0 saturated heterocycles. The van der Waals surface area contributed by atoms with E-state index in [2.05, 4.69) is 16.9 Å². The summed E-state index contributed by atoms with van der Waals surface area (Å²) in [5.74, 6) is -0.238. The molecule has 0 aromatic carbocycles. The van der Waals surface area contributed by atoms with Gasteiger partial charge in [0.25, 0.3) is 0 Å². The van der Waals surface area contributed by atoms with Crippen LogP contribution < -0.4 is 0 Å². The Morgan fingerprint density at radius 3 is 2.61 bits per heavy atom. The molecule has 4 fully saturated rings. The summed E-state index contributed by atoms with van der Waals surface area (Å²) in [5, 5.41) is 38.3. The van der Waals surface area contributed by atoms with Crippen molar-refractivity contribution in [2.45, 2.75) is 82.6 Å². The number of cyclic esters (lactones) is 1. The number of aliphatic hydroxyl groups excluding tert-OH is 2. The number of carbonyl (C=O) groups is 1. The van der Waals surface area contributed by atoms with Gasteiger partial charge in [-0.25, -0.2) is 4.79 Å². The van der Waals surface area contributed by atoms with Crippen molar-refractivity contribution in [3.63, 3.8) is 0 Å². The average Bonchev–Trinajstić information content (AvgIpc) is 3.26. The Kier molecular flexibility index (Phi) is 4.76. The monoisotopic (exact) mass is 431 g/mol. The van der Waals surface area contributed by atoms with Crippen LogP contribution in [0.15, 0.2) is 16.8 Å². The third-order valence-electron chi connectivity index (χ3n) is 10.3. The summed E-state index contributed by atoms with van der Waals surface area (Å²) in [6.07, 6.45) is 4.96. The van der Waals surface area contributed by atoms with E-state index in [1.807, 2.05) is 6.92 Å². The fourth-order valence-electron chi connectivity index (χ4n) is 8.67. The molecule has 0 aromatic heterocycles. The topological polar surface area (TPSA) is 136 Å². The van der Waals surface area contributed by atoms with E-state index in [9.17, 15) is 25.6 Å². The van der Waals surface area contributed by atoms with Crippen molar-refractivity contribution >= 4 is 5.97 Å². The van der Waals surface area contributed by atoms with E-state index in [0.29, 0.717) is 32.1 Å². The van der Waals surface area contributed by atoms with Gasteiger partial charge in [0.2, 0.25) is 0 Å². The second-order valence-electron chi connectivity index (χ2n) is 11.1. The van der Waals surface area contributed by atoms with Gasteiger partial charge in [-0.1, -0.05) is 19.0 Å². The molecule has 0 spiro atoms. The average molecular weight is 432 g/mol. The van der Waals surface area contributed by atoms with Crippen molar-refractivity contribution in [2.75, 3.05) is 6.61 Å². The highest BCUT2D eigenvalue weighted by molar-refractivity contribution is 5.85. The summed E-state index contributed by atoms with van der Waals surface area (Å²) < 4.78 is 5.15. The lowest BCUT2D eigenvalue weighted by Gasteiger charge is -2.66. The zero-order valence-corrected chi connectivity index (χ0v) is 18.3. The highest BCUT2D eigenvalue weighted by Gasteiger charge is 2.71. The molecule has 0 aromatic rings. The maximum Gasteiger partial charge on any atom is 0.331 e. The predicted octanol–water partition coefficient (Wildman–Crippen LogP) is 2.86. The summed E-state index contributed by atoms with van der Waals surface area (Å²) >= 11 is 0. The van der Waals surface area contributed by atoms with E-state index in [-0.39, 0.29) is 47.7 Å². The Morgan fingerprint density at radius 1 is 1.16 bits per heavy atom. The van der Waals surface area contributed by atoms with Crippen LogP contribution >= 0.6 is 0 Å². The van der Waals surface area contributed by atoms with Crippen LogP contribution in [-0.4, -0.2) is 51.7 Å². The minimum Gasteiger partial charge on any atom is -0.458 e. The SMILES string of the molecule is C[C@]12C(N=[N+]=[N-])C[C@@H](O)C[C@H]1CC[C@@H]1[C@@H]2C[C@@H](O)[C@]2(C)[C@@H](C3=CC(=O)OC3)CC[C@]12O. The molecule has 5 aliphatic rings. The van der Waals surface area contributed by atoms with Gasteiger partial charge in [0, 0.05) is 22.4 Å². The maximum absolute atomic E-state index is 12.2. The number of rotatable bonds is 2. The second kappa shape index (κ2) is 6.95. The van der Waals surface area contributed by atoms with Crippen LogP contribution in [0.1, 0.15) is 58.8 Å². The van der Waals surface area contributed by atoms with Crippen LogP contribution in [0, 0.1) is 34.5 Å². The third-order valence-corrected chi connectivity index (χ3v) is 10.3. The fraction of sp³-hybridized carbons (Fsp3) is 0.870. The van der Waals surface area contributed by atoms with E-state index in [4.69, 9.17) is 4.74 Å². The number of carbonyl (C=O) groups excluding carboxylic acids is 1. The number of aliphatic hydroxyl groups is 3. The van der Waals surface area contributed by atoms with Crippen molar-refractivity contribution < 1.29 is 24.9 Å². The van der Waals surface area contributed by atoms with Crippen molar-refractivity contribution in [1.29, 1.82) is 0 Å². The molecule has 0 bridgehead atoms. The first kappa shape index (κ1) is 21.3. The molecular weight excluding hydrogens is 398 g/mol. The minimum absolute atomic E-state index is 0.0107. The quantitative estimate of drug-likeness (QED) is 0.267. The fourth-order valence-corrected chi connectivity index (χ4v) is 8.67. The molecular formula is C23H33N3O5. The van der Waals surface area contributed by atoms with E-state index < -0.39 is 23.2 Å². The van der Waals surface area contributed by atoms with E-state index in [1.165, 1.54) is 0 Å². The molecule has 31 heavy (non-hydrogen) atoms. The van der Waals surface area contributed by atoms with Gasteiger partial charge in [-0.05, 0) is 85.1 Å². The van der Waals surface area contributed by atoms with Gasteiger partial charge in [0.05, 0.1) is 17.8 Å². The van der Waals surface area contributed by atoms with Gasteiger partial charge >= 0.3 is 5.97 Å². The lowest BCUT2D eigenvalue weighted by Crippen LogP contribution is -2.68. The highest BCUT2D eigenvalue weighted by Crippen LogP contribution is 2.70. The molecule has 0 amide bonds. The Labute approximate surface area is 182 Å². The van der Waals surface area contributed by atoms with Gasteiger partial charge < -0.3 is 20.1 Å². The van der Waals surface area contributed by atoms with Gasteiger partial charge in [-0.15, -0.1) is 0 Å².